The van der Waals surface area contributed by atoms with E-state index >= 15 is 0 Å². The number of nitrogens with two attached hydrogens (primary N) is 1. The molecule has 9 heteroatoms. The molecule has 0 heterocycles. The molecule has 0 bridgehead atoms. The van der Waals surface area contributed by atoms with Crippen LogP contribution in [0.1, 0.15) is 22.3 Å². The Morgan fingerprint density at radius 1 is 1.15 bits per heavy atom. The number of halogens is 2. The number of para-hydroxylation sites is 1. The van der Waals surface area contributed by atoms with Crippen LogP contribution in [0, 0.1) is 10.1 Å². The molecule has 0 atom stereocenters. The third-order valence-corrected chi connectivity index (χ3v) is 4.22. The van der Waals surface area contributed by atoms with Crippen LogP contribution in [0.3, 0.4) is 0 Å². The molecule has 0 aliphatic carbocycles. The molecular formula is C17H13Cl2N3O4. The Kier molecular flexibility index (Phi) is 6.46. The Hall–Kier alpha value is -2.74. The van der Waals surface area contributed by atoms with E-state index in [1.807, 2.05) is 5.43 Å². The van der Waals surface area contributed by atoms with E-state index < -0.39 is 16.6 Å². The number of ketones is 1. The third-order valence-electron chi connectivity index (χ3n) is 3.48. The molecule has 7 nitrogen and oxygen atoms in total. The number of nitro groups is 1. The molecule has 26 heavy (non-hydrogen) atoms. The highest BCUT2D eigenvalue weighted by atomic mass is 35.5. The maximum Gasteiger partial charge on any atom is 0.276 e. The van der Waals surface area contributed by atoms with Crippen LogP contribution >= 0.6 is 23.2 Å². The van der Waals surface area contributed by atoms with Crippen molar-refractivity contribution in [1.29, 1.82) is 0 Å². The van der Waals surface area contributed by atoms with Crippen LogP contribution in [-0.2, 0) is 4.79 Å². The number of hydrogen-bond donors (Lipinski definition) is 2. The Balaban J connectivity index is 2.39. The molecular weight excluding hydrogens is 381 g/mol. The number of benzene rings is 2. The zero-order valence-corrected chi connectivity index (χ0v) is 14.8. The lowest BCUT2D eigenvalue weighted by Crippen LogP contribution is -2.32. The zero-order valence-electron chi connectivity index (χ0n) is 13.2. The van der Waals surface area contributed by atoms with Gasteiger partial charge >= 0.3 is 0 Å². The maximum atomic E-state index is 12.5. The second-order valence-electron chi connectivity index (χ2n) is 5.19. The summed E-state index contributed by atoms with van der Waals surface area (Å²) in [6, 6.07) is 10.2. The molecule has 134 valence electrons. The normalized spacial score (nSPS) is 11.1. The van der Waals surface area contributed by atoms with E-state index in [-0.39, 0.29) is 33.8 Å². The van der Waals surface area contributed by atoms with E-state index in [1.54, 1.807) is 6.07 Å². The Morgan fingerprint density at radius 2 is 1.85 bits per heavy atom. The number of hydrogen-bond acceptors (Lipinski definition) is 5. The van der Waals surface area contributed by atoms with Crippen molar-refractivity contribution in [3.8, 4) is 0 Å². The SMILES string of the molecule is NNC(=O)/C(=C\c1ccccc1[N+](=O)[O-])CC(=O)c1ccc(Cl)c(Cl)c1. The van der Waals surface area contributed by atoms with Gasteiger partial charge in [-0.3, -0.25) is 25.1 Å². The van der Waals surface area contributed by atoms with Gasteiger partial charge in [0.05, 0.1) is 20.5 Å². The number of carbonyl (C=O) groups excluding carboxylic acids is 2. The summed E-state index contributed by atoms with van der Waals surface area (Å²) in [6.07, 6.45) is 0.933. The average molecular weight is 394 g/mol. The Bertz CT molecular complexity index is 913. The van der Waals surface area contributed by atoms with Gasteiger partial charge in [-0.1, -0.05) is 35.3 Å². The van der Waals surface area contributed by atoms with Gasteiger partial charge in [-0.2, -0.15) is 0 Å². The molecule has 1 amide bonds. The van der Waals surface area contributed by atoms with Crippen molar-refractivity contribution in [2.75, 3.05) is 0 Å². The Labute approximate surface area is 158 Å². The number of nitro benzene ring substituents is 1. The van der Waals surface area contributed by atoms with Crippen molar-refractivity contribution in [3.05, 3.63) is 79.3 Å². The molecule has 0 aromatic heterocycles. The maximum absolute atomic E-state index is 12.5. The third kappa shape index (κ3) is 4.66. The van der Waals surface area contributed by atoms with E-state index in [4.69, 9.17) is 29.0 Å². The van der Waals surface area contributed by atoms with Crippen molar-refractivity contribution in [3.63, 3.8) is 0 Å². The molecule has 2 aromatic rings. The first-order valence-corrected chi connectivity index (χ1v) is 8.02. The monoisotopic (exact) mass is 393 g/mol. The summed E-state index contributed by atoms with van der Waals surface area (Å²) < 4.78 is 0. The predicted octanol–water partition coefficient (Wildman–Crippen LogP) is 3.55. The molecule has 0 fully saturated rings. The first-order valence-electron chi connectivity index (χ1n) is 7.26. The number of amides is 1. The summed E-state index contributed by atoms with van der Waals surface area (Å²) in [6.45, 7) is 0. The first-order chi connectivity index (χ1) is 12.3. The molecule has 0 saturated carbocycles. The summed E-state index contributed by atoms with van der Waals surface area (Å²) in [5.74, 6) is 4.01. The molecule has 0 spiro atoms. The van der Waals surface area contributed by atoms with Crippen LogP contribution in [0.15, 0.2) is 48.0 Å². The van der Waals surface area contributed by atoms with Gasteiger partial charge in [0.15, 0.2) is 5.78 Å². The molecule has 2 rings (SSSR count). The molecule has 0 unspecified atom stereocenters. The zero-order chi connectivity index (χ0) is 19.3. The van der Waals surface area contributed by atoms with Crippen LogP contribution < -0.4 is 11.3 Å². The van der Waals surface area contributed by atoms with E-state index in [0.717, 1.165) is 0 Å². The van der Waals surface area contributed by atoms with Gasteiger partial charge in [0.1, 0.15) is 0 Å². The second kappa shape index (κ2) is 8.57. The molecule has 0 aliphatic rings. The molecule has 0 aliphatic heterocycles. The van der Waals surface area contributed by atoms with E-state index in [0.29, 0.717) is 5.02 Å². The quantitative estimate of drug-likeness (QED) is 0.194. The predicted molar refractivity (Wildman–Crippen MR) is 98.8 cm³/mol. The molecule has 3 N–H and O–H groups in total. The fraction of sp³-hybridized carbons (Fsp3) is 0.0588. The smallest absolute Gasteiger partial charge is 0.276 e. The van der Waals surface area contributed by atoms with Gasteiger partial charge in [0, 0.05) is 23.6 Å². The molecule has 2 aromatic carbocycles. The van der Waals surface area contributed by atoms with Crippen molar-refractivity contribution in [2.45, 2.75) is 6.42 Å². The Morgan fingerprint density at radius 3 is 2.46 bits per heavy atom. The number of Topliss-reactive ketones (excluding diaryl/α,β-unsaturated/α-hetero) is 1. The lowest BCUT2D eigenvalue weighted by atomic mass is 10.00. The van der Waals surface area contributed by atoms with Crippen LogP contribution in [0.5, 0.6) is 0 Å². The minimum atomic E-state index is -0.725. The van der Waals surface area contributed by atoms with Gasteiger partial charge in [0.25, 0.3) is 11.6 Å². The van der Waals surface area contributed by atoms with Gasteiger partial charge in [-0.25, -0.2) is 5.84 Å². The van der Waals surface area contributed by atoms with Crippen molar-refractivity contribution < 1.29 is 14.5 Å². The highest BCUT2D eigenvalue weighted by Crippen LogP contribution is 2.25. The molecule has 0 radical (unpaired) electrons. The van der Waals surface area contributed by atoms with Crippen LogP contribution in [0.25, 0.3) is 6.08 Å². The van der Waals surface area contributed by atoms with Crippen LogP contribution in [0.4, 0.5) is 5.69 Å². The summed E-state index contributed by atoms with van der Waals surface area (Å²) in [4.78, 5) is 35.0. The van der Waals surface area contributed by atoms with Crippen molar-refractivity contribution >= 4 is 46.7 Å². The second-order valence-corrected chi connectivity index (χ2v) is 6.00. The van der Waals surface area contributed by atoms with Crippen LogP contribution in [0.2, 0.25) is 10.0 Å². The summed E-state index contributed by atoms with van der Waals surface area (Å²) >= 11 is 11.7. The number of hydrazine groups is 1. The van der Waals surface area contributed by atoms with Gasteiger partial charge in [0.2, 0.25) is 0 Å². The number of nitrogens with one attached hydrogen (secondary N) is 1. The average Bonchev–Trinajstić information content (AvgIpc) is 2.62. The number of carbonyl (C=O) groups is 2. The summed E-state index contributed by atoms with van der Waals surface area (Å²) in [7, 11) is 0. The lowest BCUT2D eigenvalue weighted by Gasteiger charge is -2.07. The number of nitrogens with zero attached hydrogens (tertiary/aromatic N) is 1. The first kappa shape index (κ1) is 19.6. The largest absolute Gasteiger partial charge is 0.294 e. The van der Waals surface area contributed by atoms with Gasteiger partial charge in [-0.05, 0) is 30.3 Å². The topological polar surface area (TPSA) is 115 Å². The van der Waals surface area contributed by atoms with Crippen molar-refractivity contribution in [1.82, 2.24) is 5.43 Å². The minimum Gasteiger partial charge on any atom is -0.294 e. The van der Waals surface area contributed by atoms with E-state index in [1.165, 1.54) is 42.5 Å². The fourth-order valence-electron chi connectivity index (χ4n) is 2.20. The fourth-order valence-corrected chi connectivity index (χ4v) is 2.50. The number of rotatable bonds is 6. The van der Waals surface area contributed by atoms with Crippen molar-refractivity contribution in [2.24, 2.45) is 5.84 Å². The highest BCUT2D eigenvalue weighted by Gasteiger charge is 2.18. The summed E-state index contributed by atoms with van der Waals surface area (Å²) in [5.41, 5.74) is 2.13. The minimum absolute atomic E-state index is 0.0297. The van der Waals surface area contributed by atoms with E-state index in [9.17, 15) is 19.7 Å². The lowest BCUT2D eigenvalue weighted by molar-refractivity contribution is -0.385. The standard InChI is InChI=1S/C17H13Cl2N3O4/c18-13-6-5-11(8-14(13)19)16(23)9-12(17(24)21-20)7-10-3-1-2-4-15(10)22(25)26/h1-8H,9,20H2,(H,21,24)/b12-7-. The molecule has 0 saturated heterocycles. The highest BCUT2D eigenvalue weighted by molar-refractivity contribution is 6.42. The summed E-state index contributed by atoms with van der Waals surface area (Å²) in [5, 5.41) is 11.6. The van der Waals surface area contributed by atoms with Gasteiger partial charge in [-0.15, -0.1) is 0 Å². The van der Waals surface area contributed by atoms with Crippen LogP contribution in [-0.4, -0.2) is 16.6 Å². The van der Waals surface area contributed by atoms with E-state index in [2.05, 4.69) is 0 Å². The van der Waals surface area contributed by atoms with Gasteiger partial charge < -0.3 is 0 Å².